The van der Waals surface area contributed by atoms with E-state index in [2.05, 4.69) is 15.2 Å². The summed E-state index contributed by atoms with van der Waals surface area (Å²) in [5.41, 5.74) is 0. The van der Waals surface area contributed by atoms with Gasteiger partial charge in [-0.1, -0.05) is 0 Å². The number of hydrogen-bond acceptors (Lipinski definition) is 4. The van der Waals surface area contributed by atoms with Crippen molar-refractivity contribution in [3.8, 4) is 0 Å². The Morgan fingerprint density at radius 1 is 1.50 bits per heavy atom. The van der Waals surface area contributed by atoms with E-state index in [1.165, 1.54) is 4.90 Å². The van der Waals surface area contributed by atoms with Gasteiger partial charge in [-0.15, -0.1) is 5.10 Å². The molecule has 1 heterocycles. The minimum Gasteiger partial charge on any atom is -0.481 e. The van der Waals surface area contributed by atoms with Gasteiger partial charge in [0, 0.05) is 20.0 Å². The van der Waals surface area contributed by atoms with Crippen LogP contribution in [0.25, 0.3) is 0 Å². The maximum atomic E-state index is 11.7. The predicted molar refractivity (Wildman–Crippen MR) is 55.0 cm³/mol. The molecule has 1 rings (SSSR count). The first kappa shape index (κ1) is 12.2. The van der Waals surface area contributed by atoms with Crippen molar-refractivity contribution in [2.75, 3.05) is 13.6 Å². The fourth-order valence-corrected chi connectivity index (χ4v) is 1.18. The van der Waals surface area contributed by atoms with Gasteiger partial charge in [-0.05, 0) is 13.3 Å². The lowest BCUT2D eigenvalue weighted by Crippen LogP contribution is -2.29. The minimum atomic E-state index is -0.866. The van der Waals surface area contributed by atoms with Gasteiger partial charge >= 0.3 is 5.97 Å². The second-order valence-electron chi connectivity index (χ2n) is 3.47. The molecule has 2 N–H and O–H groups in total. The van der Waals surface area contributed by atoms with Crippen molar-refractivity contribution in [3.05, 3.63) is 11.6 Å². The van der Waals surface area contributed by atoms with E-state index in [0.29, 0.717) is 18.8 Å². The summed E-state index contributed by atoms with van der Waals surface area (Å²) in [5, 5.41) is 14.8. The van der Waals surface area contributed by atoms with Crippen LogP contribution in [0.1, 0.15) is 29.3 Å². The first-order valence-corrected chi connectivity index (χ1v) is 4.87. The van der Waals surface area contributed by atoms with Gasteiger partial charge in [-0.3, -0.25) is 14.7 Å². The van der Waals surface area contributed by atoms with Crippen LogP contribution in [0.5, 0.6) is 0 Å². The smallest absolute Gasteiger partial charge is 0.303 e. The van der Waals surface area contributed by atoms with Crippen molar-refractivity contribution in [1.29, 1.82) is 0 Å². The molecule has 0 fully saturated rings. The lowest BCUT2D eigenvalue weighted by molar-refractivity contribution is -0.137. The van der Waals surface area contributed by atoms with Gasteiger partial charge in [0.1, 0.15) is 5.82 Å². The molecular weight excluding hydrogens is 212 g/mol. The molecule has 1 amide bonds. The molecule has 1 aromatic heterocycles. The first-order chi connectivity index (χ1) is 7.50. The fourth-order valence-electron chi connectivity index (χ4n) is 1.18. The molecular formula is C9H14N4O3. The van der Waals surface area contributed by atoms with Crippen LogP contribution in [0.4, 0.5) is 0 Å². The highest BCUT2D eigenvalue weighted by atomic mass is 16.4. The van der Waals surface area contributed by atoms with Crippen LogP contribution >= 0.6 is 0 Å². The average molecular weight is 226 g/mol. The number of aryl methyl sites for hydroxylation is 1. The minimum absolute atomic E-state index is 0.0463. The van der Waals surface area contributed by atoms with Crippen LogP contribution < -0.4 is 0 Å². The highest BCUT2D eigenvalue weighted by Gasteiger charge is 2.15. The Morgan fingerprint density at radius 2 is 2.19 bits per heavy atom. The molecule has 0 saturated carbocycles. The third-order valence-electron chi connectivity index (χ3n) is 2.02. The van der Waals surface area contributed by atoms with Gasteiger partial charge in [0.15, 0.2) is 0 Å². The van der Waals surface area contributed by atoms with E-state index in [4.69, 9.17) is 5.11 Å². The maximum Gasteiger partial charge on any atom is 0.303 e. The average Bonchev–Trinajstić information content (AvgIpc) is 2.63. The molecule has 0 aromatic carbocycles. The second kappa shape index (κ2) is 5.24. The van der Waals surface area contributed by atoms with E-state index >= 15 is 0 Å². The molecule has 0 aliphatic carbocycles. The summed E-state index contributed by atoms with van der Waals surface area (Å²) in [6.07, 6.45) is 0.464. The molecule has 0 atom stereocenters. The highest BCUT2D eigenvalue weighted by Crippen LogP contribution is 1.99. The quantitative estimate of drug-likeness (QED) is 0.739. The predicted octanol–water partition coefficient (Wildman–Crippen LogP) is 0.0499. The van der Waals surface area contributed by atoms with Crippen LogP contribution in [-0.4, -0.2) is 50.7 Å². The van der Waals surface area contributed by atoms with Crippen molar-refractivity contribution in [1.82, 2.24) is 20.1 Å². The lowest BCUT2D eigenvalue weighted by Gasteiger charge is -2.13. The summed E-state index contributed by atoms with van der Waals surface area (Å²) in [6, 6.07) is 0. The number of carbonyl (C=O) groups is 2. The molecule has 0 radical (unpaired) electrons. The second-order valence-corrected chi connectivity index (χ2v) is 3.47. The van der Waals surface area contributed by atoms with Crippen LogP contribution in [-0.2, 0) is 4.79 Å². The van der Waals surface area contributed by atoms with Gasteiger partial charge < -0.3 is 10.0 Å². The Bertz CT molecular complexity index is 388. The fraction of sp³-hybridized carbons (Fsp3) is 0.556. The Balaban J connectivity index is 2.45. The van der Waals surface area contributed by atoms with Crippen molar-refractivity contribution in [2.45, 2.75) is 19.8 Å². The SMILES string of the molecule is Cc1nc(C(=O)N(C)CCCC(=O)O)n[nH]1. The molecule has 88 valence electrons. The molecule has 16 heavy (non-hydrogen) atoms. The molecule has 1 aromatic rings. The number of carboxylic acid groups (broad SMARTS) is 1. The molecule has 0 aliphatic rings. The highest BCUT2D eigenvalue weighted by molar-refractivity contribution is 5.90. The van der Waals surface area contributed by atoms with Gasteiger partial charge in [-0.2, -0.15) is 0 Å². The van der Waals surface area contributed by atoms with Crippen LogP contribution in [0.2, 0.25) is 0 Å². The number of H-pyrrole nitrogens is 1. The number of hydrogen-bond donors (Lipinski definition) is 2. The summed E-state index contributed by atoms with van der Waals surface area (Å²) in [5.74, 6) is -0.498. The largest absolute Gasteiger partial charge is 0.481 e. The maximum absolute atomic E-state index is 11.7. The third kappa shape index (κ3) is 3.34. The van der Waals surface area contributed by atoms with E-state index < -0.39 is 5.97 Å². The monoisotopic (exact) mass is 226 g/mol. The summed E-state index contributed by atoms with van der Waals surface area (Å²) >= 11 is 0. The number of amides is 1. The van der Waals surface area contributed by atoms with E-state index in [0.717, 1.165) is 0 Å². The Kier molecular flexibility index (Phi) is 3.98. The van der Waals surface area contributed by atoms with Crippen molar-refractivity contribution < 1.29 is 14.7 Å². The molecule has 7 nitrogen and oxygen atoms in total. The van der Waals surface area contributed by atoms with Crippen molar-refractivity contribution >= 4 is 11.9 Å². The standard InChI is InChI=1S/C9H14N4O3/c1-6-10-8(12-11-6)9(16)13(2)5-3-4-7(14)15/h3-5H2,1-2H3,(H,14,15)(H,10,11,12). The lowest BCUT2D eigenvalue weighted by atomic mass is 10.3. The van der Waals surface area contributed by atoms with Gasteiger partial charge in [0.2, 0.25) is 5.82 Å². The molecule has 0 aliphatic heterocycles. The van der Waals surface area contributed by atoms with Gasteiger partial charge in [-0.25, -0.2) is 4.98 Å². The zero-order chi connectivity index (χ0) is 12.1. The van der Waals surface area contributed by atoms with Crippen molar-refractivity contribution in [2.24, 2.45) is 0 Å². The van der Waals surface area contributed by atoms with Gasteiger partial charge in [0.25, 0.3) is 5.91 Å². The number of carbonyl (C=O) groups excluding carboxylic acids is 1. The van der Waals surface area contributed by atoms with E-state index in [9.17, 15) is 9.59 Å². The van der Waals surface area contributed by atoms with E-state index in [1.807, 2.05) is 0 Å². The number of nitrogens with zero attached hydrogens (tertiary/aromatic N) is 3. The first-order valence-electron chi connectivity index (χ1n) is 4.87. The number of rotatable bonds is 5. The van der Waals surface area contributed by atoms with E-state index in [-0.39, 0.29) is 18.2 Å². The summed E-state index contributed by atoms with van der Waals surface area (Å²) in [7, 11) is 1.59. The zero-order valence-corrected chi connectivity index (χ0v) is 9.23. The summed E-state index contributed by atoms with van der Waals surface area (Å²) < 4.78 is 0. The van der Waals surface area contributed by atoms with Crippen molar-refractivity contribution in [3.63, 3.8) is 0 Å². The Morgan fingerprint density at radius 3 is 2.69 bits per heavy atom. The molecule has 0 bridgehead atoms. The number of aromatic nitrogens is 3. The molecule has 0 saturated heterocycles. The van der Waals surface area contributed by atoms with E-state index in [1.54, 1.807) is 14.0 Å². The number of aliphatic carboxylic acids is 1. The van der Waals surface area contributed by atoms with Gasteiger partial charge in [0.05, 0.1) is 0 Å². The molecule has 7 heteroatoms. The van der Waals surface area contributed by atoms with Crippen LogP contribution in [0, 0.1) is 6.92 Å². The van der Waals surface area contributed by atoms with Crippen LogP contribution in [0.15, 0.2) is 0 Å². The normalized spacial score (nSPS) is 10.1. The topological polar surface area (TPSA) is 99.2 Å². The molecule has 0 spiro atoms. The number of carboxylic acids is 1. The van der Waals surface area contributed by atoms with Crippen LogP contribution in [0.3, 0.4) is 0 Å². The zero-order valence-electron chi connectivity index (χ0n) is 9.23. The Hall–Kier alpha value is -1.92. The number of nitrogens with one attached hydrogen (secondary N) is 1. The molecule has 0 unspecified atom stereocenters. The third-order valence-corrected chi connectivity index (χ3v) is 2.02. The number of aromatic amines is 1. The summed E-state index contributed by atoms with van der Waals surface area (Å²) in [4.78, 5) is 27.3. The Labute approximate surface area is 92.5 Å². The summed E-state index contributed by atoms with van der Waals surface area (Å²) in [6.45, 7) is 2.08.